The van der Waals surface area contributed by atoms with Crippen molar-refractivity contribution in [3.8, 4) is 11.8 Å². The summed E-state index contributed by atoms with van der Waals surface area (Å²) >= 11 is 0. The van der Waals surface area contributed by atoms with E-state index in [9.17, 15) is 9.59 Å². The minimum atomic E-state index is -0.870. The molecule has 1 aromatic carbocycles. The number of carbonyl (C=O) groups is 2. The Kier molecular flexibility index (Phi) is 6.11. The Morgan fingerprint density at radius 1 is 1.00 bits per heavy atom. The van der Waals surface area contributed by atoms with Crippen molar-refractivity contribution < 1.29 is 14.3 Å². The lowest BCUT2D eigenvalue weighted by Crippen LogP contribution is -2.56. The number of carbonyl (C=O) groups excluding carboxylic acids is 2. The van der Waals surface area contributed by atoms with Crippen molar-refractivity contribution >= 4 is 11.8 Å². The summed E-state index contributed by atoms with van der Waals surface area (Å²) in [5, 5.41) is 0. The summed E-state index contributed by atoms with van der Waals surface area (Å²) in [5.41, 5.74) is 0.298. The zero-order valence-corrected chi connectivity index (χ0v) is 18.1. The highest BCUT2D eigenvalue weighted by atomic mass is 16.5. The van der Waals surface area contributed by atoms with Crippen LogP contribution in [-0.2, 0) is 10.2 Å². The normalized spacial score (nSPS) is 18.1. The molecule has 1 aliphatic heterocycles. The fourth-order valence-electron chi connectivity index (χ4n) is 4.11. The minimum Gasteiger partial charge on any atom is -0.424 e. The van der Waals surface area contributed by atoms with Crippen LogP contribution in [-0.4, -0.2) is 63.8 Å². The third-order valence-corrected chi connectivity index (χ3v) is 5.58. The Bertz CT molecular complexity index is 1090. The molecule has 2 amide bonds. The van der Waals surface area contributed by atoms with Crippen LogP contribution in [0.15, 0.2) is 67.1 Å². The molecule has 3 aromatic rings. The highest BCUT2D eigenvalue weighted by Crippen LogP contribution is 2.35. The van der Waals surface area contributed by atoms with Crippen LogP contribution in [0, 0.1) is 0 Å². The van der Waals surface area contributed by atoms with Gasteiger partial charge in [-0.2, -0.15) is 0 Å². The molecular weight excluding hydrogens is 406 g/mol. The second-order valence-electron chi connectivity index (χ2n) is 7.99. The Morgan fingerprint density at radius 2 is 1.78 bits per heavy atom. The minimum absolute atomic E-state index is 0.0491. The van der Waals surface area contributed by atoms with Gasteiger partial charge in [-0.05, 0) is 49.2 Å². The highest BCUT2D eigenvalue weighted by Gasteiger charge is 2.46. The average Bonchev–Trinajstić information content (AvgIpc) is 2.84. The number of likely N-dealkylation sites (N-methyl/N-ethyl adjacent to an activating group) is 1. The smallest absolute Gasteiger partial charge is 0.321 e. The largest absolute Gasteiger partial charge is 0.424 e. The van der Waals surface area contributed by atoms with E-state index in [2.05, 4.69) is 15.0 Å². The molecule has 0 saturated carbocycles. The molecule has 32 heavy (non-hydrogen) atoms. The molecule has 1 saturated heterocycles. The fraction of sp³-hybridized carbons (Fsp3) is 0.292. The van der Waals surface area contributed by atoms with Crippen LogP contribution in [0.5, 0.6) is 11.8 Å². The maximum absolute atomic E-state index is 13.4. The predicted octanol–water partition coefficient (Wildman–Crippen LogP) is 2.93. The van der Waals surface area contributed by atoms with E-state index in [1.54, 1.807) is 72.8 Å². The molecule has 8 nitrogen and oxygen atoms in total. The van der Waals surface area contributed by atoms with Crippen molar-refractivity contribution in [3.05, 3.63) is 78.4 Å². The number of pyridine rings is 1. The van der Waals surface area contributed by atoms with Gasteiger partial charge >= 0.3 is 6.01 Å². The SMILES string of the molecule is CN(C)C(=O)[C@]1(c2ccccn2)CCCN(C(=O)c2cccc(Oc3ncccn3)c2)C1. The molecule has 0 radical (unpaired) electrons. The molecule has 1 aliphatic rings. The summed E-state index contributed by atoms with van der Waals surface area (Å²) in [5.74, 6) is 0.266. The molecule has 0 unspecified atom stereocenters. The van der Waals surface area contributed by atoms with E-state index >= 15 is 0 Å². The molecule has 0 N–H and O–H groups in total. The van der Waals surface area contributed by atoms with E-state index in [0.29, 0.717) is 36.4 Å². The number of benzene rings is 1. The van der Waals surface area contributed by atoms with Crippen molar-refractivity contribution in [1.29, 1.82) is 0 Å². The lowest BCUT2D eigenvalue weighted by molar-refractivity contribution is -0.136. The molecule has 0 bridgehead atoms. The van der Waals surface area contributed by atoms with Crippen LogP contribution in [0.25, 0.3) is 0 Å². The zero-order chi connectivity index (χ0) is 22.6. The van der Waals surface area contributed by atoms with Gasteiger partial charge in [-0.15, -0.1) is 0 Å². The topological polar surface area (TPSA) is 88.5 Å². The summed E-state index contributed by atoms with van der Waals surface area (Å²) in [6.07, 6.45) is 6.20. The number of aromatic nitrogens is 3. The van der Waals surface area contributed by atoms with E-state index < -0.39 is 5.41 Å². The molecular formula is C24H25N5O3. The highest BCUT2D eigenvalue weighted by molar-refractivity contribution is 5.96. The number of ether oxygens (including phenoxy) is 1. The molecule has 0 aliphatic carbocycles. The van der Waals surface area contributed by atoms with Gasteiger partial charge in [-0.25, -0.2) is 9.97 Å². The van der Waals surface area contributed by atoms with E-state index in [0.717, 1.165) is 0 Å². The van der Waals surface area contributed by atoms with Gasteiger partial charge in [0.1, 0.15) is 11.2 Å². The number of piperidine rings is 1. The summed E-state index contributed by atoms with van der Waals surface area (Å²) in [6, 6.07) is 14.4. The quantitative estimate of drug-likeness (QED) is 0.617. The Morgan fingerprint density at radius 3 is 2.50 bits per heavy atom. The van der Waals surface area contributed by atoms with Crippen LogP contribution < -0.4 is 4.74 Å². The second-order valence-corrected chi connectivity index (χ2v) is 7.99. The average molecular weight is 431 g/mol. The molecule has 1 atom stereocenters. The molecule has 0 spiro atoms. The third-order valence-electron chi connectivity index (χ3n) is 5.58. The van der Waals surface area contributed by atoms with Crippen LogP contribution in [0.1, 0.15) is 28.9 Å². The van der Waals surface area contributed by atoms with Crippen molar-refractivity contribution in [2.45, 2.75) is 18.3 Å². The number of rotatable bonds is 5. The third kappa shape index (κ3) is 4.30. The lowest BCUT2D eigenvalue weighted by Gasteiger charge is -2.42. The molecule has 8 heteroatoms. The number of amides is 2. The predicted molar refractivity (Wildman–Crippen MR) is 118 cm³/mol. The van der Waals surface area contributed by atoms with Gasteiger partial charge in [0.05, 0.1) is 5.69 Å². The first kappa shape index (κ1) is 21.4. The van der Waals surface area contributed by atoms with E-state index in [1.165, 1.54) is 0 Å². The maximum atomic E-state index is 13.4. The fourth-order valence-corrected chi connectivity index (χ4v) is 4.11. The van der Waals surface area contributed by atoms with Gasteiger partial charge in [0, 0.05) is 51.3 Å². The second kappa shape index (κ2) is 9.13. The molecule has 1 fully saturated rings. The number of hydrogen-bond acceptors (Lipinski definition) is 6. The van der Waals surface area contributed by atoms with Crippen molar-refractivity contribution in [3.63, 3.8) is 0 Å². The first-order valence-electron chi connectivity index (χ1n) is 10.5. The maximum Gasteiger partial charge on any atom is 0.321 e. The van der Waals surface area contributed by atoms with E-state index in [4.69, 9.17) is 4.74 Å². The first-order chi connectivity index (χ1) is 15.5. The van der Waals surface area contributed by atoms with Crippen LogP contribution >= 0.6 is 0 Å². The Labute approximate surface area is 186 Å². The first-order valence-corrected chi connectivity index (χ1v) is 10.5. The summed E-state index contributed by atoms with van der Waals surface area (Å²) in [7, 11) is 3.47. The van der Waals surface area contributed by atoms with Crippen LogP contribution in [0.3, 0.4) is 0 Å². The number of nitrogens with zero attached hydrogens (tertiary/aromatic N) is 5. The standard InChI is InChI=1S/C24H25N5O3/c1-28(2)22(31)24(20-10-3-4-12-25-20)11-6-15-29(17-24)21(30)18-8-5-9-19(16-18)32-23-26-13-7-14-27-23/h3-5,7-10,12-14,16H,6,11,15,17H2,1-2H3/t24-/m1/s1. The van der Waals surface area contributed by atoms with E-state index in [-0.39, 0.29) is 24.4 Å². The molecule has 2 aromatic heterocycles. The van der Waals surface area contributed by atoms with Gasteiger partial charge in [0.2, 0.25) is 5.91 Å². The van der Waals surface area contributed by atoms with Crippen LogP contribution in [0.4, 0.5) is 0 Å². The van der Waals surface area contributed by atoms with Gasteiger partial charge < -0.3 is 14.5 Å². The van der Waals surface area contributed by atoms with Gasteiger partial charge in [-0.3, -0.25) is 14.6 Å². The number of hydrogen-bond donors (Lipinski definition) is 0. The van der Waals surface area contributed by atoms with Gasteiger partial charge in [-0.1, -0.05) is 12.1 Å². The summed E-state index contributed by atoms with van der Waals surface area (Å²) in [4.78, 5) is 42.6. The summed E-state index contributed by atoms with van der Waals surface area (Å²) < 4.78 is 5.67. The molecule has 4 rings (SSSR count). The molecule has 164 valence electrons. The van der Waals surface area contributed by atoms with E-state index in [1.807, 2.05) is 18.2 Å². The number of likely N-dealkylation sites (tertiary alicyclic amines) is 1. The van der Waals surface area contributed by atoms with Crippen molar-refractivity contribution in [2.24, 2.45) is 0 Å². The monoisotopic (exact) mass is 431 g/mol. The van der Waals surface area contributed by atoms with Crippen molar-refractivity contribution in [2.75, 3.05) is 27.2 Å². The summed E-state index contributed by atoms with van der Waals surface area (Å²) in [6.45, 7) is 0.841. The Balaban J connectivity index is 1.60. The van der Waals surface area contributed by atoms with Gasteiger partial charge in [0.15, 0.2) is 0 Å². The van der Waals surface area contributed by atoms with Crippen molar-refractivity contribution in [1.82, 2.24) is 24.8 Å². The van der Waals surface area contributed by atoms with Gasteiger partial charge in [0.25, 0.3) is 5.91 Å². The Hall–Kier alpha value is -3.81. The molecule has 3 heterocycles. The zero-order valence-electron chi connectivity index (χ0n) is 18.1. The lowest BCUT2D eigenvalue weighted by atomic mass is 9.75. The van der Waals surface area contributed by atoms with Crippen LogP contribution in [0.2, 0.25) is 0 Å².